The van der Waals surface area contributed by atoms with Crippen molar-refractivity contribution in [3.8, 4) is 0 Å². The standard InChI is InChI=1S/C11H14O3/c12-11-10(6-7-13-11)14-8-9-4-2-1-3-5-9/h1-5,10-12H,6-8H2/t10-,11?/m0/s1. The van der Waals surface area contributed by atoms with Crippen LogP contribution >= 0.6 is 0 Å². The summed E-state index contributed by atoms with van der Waals surface area (Å²) < 4.78 is 10.5. The van der Waals surface area contributed by atoms with Gasteiger partial charge in [-0.25, -0.2) is 0 Å². The summed E-state index contributed by atoms with van der Waals surface area (Å²) in [5.41, 5.74) is 1.12. The molecule has 1 aromatic carbocycles. The number of benzene rings is 1. The van der Waals surface area contributed by atoms with Gasteiger partial charge in [0.05, 0.1) is 13.2 Å². The molecule has 0 spiro atoms. The van der Waals surface area contributed by atoms with Crippen LogP contribution in [-0.4, -0.2) is 24.1 Å². The number of hydrogen-bond acceptors (Lipinski definition) is 3. The lowest BCUT2D eigenvalue weighted by atomic mass is 10.2. The van der Waals surface area contributed by atoms with E-state index >= 15 is 0 Å². The fourth-order valence-electron chi connectivity index (χ4n) is 1.50. The van der Waals surface area contributed by atoms with Gasteiger partial charge in [-0.05, 0) is 5.56 Å². The van der Waals surface area contributed by atoms with E-state index in [0.717, 1.165) is 12.0 Å². The van der Waals surface area contributed by atoms with Crippen LogP contribution < -0.4 is 0 Å². The number of aliphatic hydroxyl groups excluding tert-OH is 1. The van der Waals surface area contributed by atoms with Gasteiger partial charge in [-0.1, -0.05) is 30.3 Å². The van der Waals surface area contributed by atoms with Crippen LogP contribution in [0.5, 0.6) is 0 Å². The van der Waals surface area contributed by atoms with Crippen LogP contribution in [0.4, 0.5) is 0 Å². The van der Waals surface area contributed by atoms with Crippen molar-refractivity contribution in [1.29, 1.82) is 0 Å². The van der Waals surface area contributed by atoms with E-state index in [9.17, 15) is 5.11 Å². The van der Waals surface area contributed by atoms with Crippen LogP contribution in [0.25, 0.3) is 0 Å². The van der Waals surface area contributed by atoms with Gasteiger partial charge < -0.3 is 14.6 Å². The molecule has 2 atom stereocenters. The molecule has 0 aromatic heterocycles. The molecule has 3 nitrogen and oxygen atoms in total. The summed E-state index contributed by atoms with van der Waals surface area (Å²) in [4.78, 5) is 0. The summed E-state index contributed by atoms with van der Waals surface area (Å²) in [6.45, 7) is 1.12. The van der Waals surface area contributed by atoms with Crippen molar-refractivity contribution >= 4 is 0 Å². The van der Waals surface area contributed by atoms with Gasteiger partial charge >= 0.3 is 0 Å². The zero-order valence-electron chi connectivity index (χ0n) is 7.93. The van der Waals surface area contributed by atoms with E-state index in [1.54, 1.807) is 0 Å². The Kier molecular flexibility index (Phi) is 3.14. The zero-order valence-corrected chi connectivity index (χ0v) is 7.93. The van der Waals surface area contributed by atoms with Gasteiger partial charge in [-0.3, -0.25) is 0 Å². The average molecular weight is 194 g/mol. The SMILES string of the molecule is OC1OCC[C@@H]1OCc1ccccc1. The highest BCUT2D eigenvalue weighted by atomic mass is 16.6. The number of ether oxygens (including phenoxy) is 2. The van der Waals surface area contributed by atoms with Gasteiger partial charge in [0, 0.05) is 6.42 Å². The molecule has 1 aliphatic heterocycles. The van der Waals surface area contributed by atoms with E-state index in [-0.39, 0.29) is 6.10 Å². The fraction of sp³-hybridized carbons (Fsp3) is 0.455. The Morgan fingerprint density at radius 3 is 2.79 bits per heavy atom. The van der Waals surface area contributed by atoms with Crippen molar-refractivity contribution in [2.45, 2.75) is 25.4 Å². The van der Waals surface area contributed by atoms with Gasteiger partial charge in [-0.15, -0.1) is 0 Å². The molecule has 0 aliphatic carbocycles. The molecule has 1 heterocycles. The lowest BCUT2D eigenvalue weighted by Crippen LogP contribution is -2.23. The molecule has 76 valence electrons. The molecule has 2 rings (SSSR count). The van der Waals surface area contributed by atoms with E-state index in [1.807, 2.05) is 30.3 Å². The van der Waals surface area contributed by atoms with Crippen LogP contribution in [-0.2, 0) is 16.1 Å². The maximum Gasteiger partial charge on any atom is 0.181 e. The van der Waals surface area contributed by atoms with Crippen molar-refractivity contribution in [2.24, 2.45) is 0 Å². The summed E-state index contributed by atoms with van der Waals surface area (Å²) in [7, 11) is 0. The molecular weight excluding hydrogens is 180 g/mol. The van der Waals surface area contributed by atoms with Crippen LogP contribution in [0.3, 0.4) is 0 Å². The summed E-state index contributed by atoms with van der Waals surface area (Å²) in [5.74, 6) is 0. The normalized spacial score (nSPS) is 26.6. The molecule has 0 radical (unpaired) electrons. The van der Waals surface area contributed by atoms with Crippen LogP contribution in [0.2, 0.25) is 0 Å². The summed E-state index contributed by atoms with van der Waals surface area (Å²) in [6.07, 6.45) is -0.150. The second-order valence-electron chi connectivity index (χ2n) is 3.39. The Bertz CT molecular complexity index is 273. The molecule has 1 fully saturated rings. The summed E-state index contributed by atoms with van der Waals surface area (Å²) >= 11 is 0. The molecule has 1 N–H and O–H groups in total. The first-order chi connectivity index (χ1) is 6.86. The maximum atomic E-state index is 9.32. The summed E-state index contributed by atoms with van der Waals surface area (Å²) in [6, 6.07) is 9.92. The second kappa shape index (κ2) is 4.55. The minimum absolute atomic E-state index is 0.171. The Morgan fingerprint density at radius 1 is 1.36 bits per heavy atom. The van der Waals surface area contributed by atoms with Crippen molar-refractivity contribution in [3.05, 3.63) is 35.9 Å². The van der Waals surface area contributed by atoms with Gasteiger partial charge in [0.15, 0.2) is 6.29 Å². The number of rotatable bonds is 3. The van der Waals surface area contributed by atoms with E-state index in [1.165, 1.54) is 0 Å². The molecule has 1 aliphatic rings. The second-order valence-corrected chi connectivity index (χ2v) is 3.39. The maximum absolute atomic E-state index is 9.32. The average Bonchev–Trinajstić information content (AvgIpc) is 2.63. The number of aliphatic hydroxyl groups is 1. The predicted octanol–water partition coefficient (Wildman–Crippen LogP) is 1.31. The van der Waals surface area contributed by atoms with Crippen LogP contribution in [0.15, 0.2) is 30.3 Å². The quantitative estimate of drug-likeness (QED) is 0.788. The molecule has 0 amide bonds. The topological polar surface area (TPSA) is 38.7 Å². The lowest BCUT2D eigenvalue weighted by Gasteiger charge is -2.13. The Morgan fingerprint density at radius 2 is 2.14 bits per heavy atom. The first kappa shape index (κ1) is 9.65. The van der Waals surface area contributed by atoms with Crippen molar-refractivity contribution in [2.75, 3.05) is 6.61 Å². The zero-order chi connectivity index (χ0) is 9.80. The molecule has 0 saturated carbocycles. The molecule has 1 unspecified atom stereocenters. The Hall–Kier alpha value is -0.900. The molecule has 14 heavy (non-hydrogen) atoms. The monoisotopic (exact) mass is 194 g/mol. The van der Waals surface area contributed by atoms with Gasteiger partial charge in [0.2, 0.25) is 0 Å². The van der Waals surface area contributed by atoms with Gasteiger partial charge in [0.25, 0.3) is 0 Å². The van der Waals surface area contributed by atoms with E-state index in [0.29, 0.717) is 13.2 Å². The fourth-order valence-corrected chi connectivity index (χ4v) is 1.50. The third-order valence-electron chi connectivity index (χ3n) is 2.32. The number of hydrogen-bond donors (Lipinski definition) is 1. The largest absolute Gasteiger partial charge is 0.368 e. The van der Waals surface area contributed by atoms with Crippen LogP contribution in [0.1, 0.15) is 12.0 Å². The third-order valence-corrected chi connectivity index (χ3v) is 2.32. The molecule has 3 heteroatoms. The smallest absolute Gasteiger partial charge is 0.181 e. The van der Waals surface area contributed by atoms with E-state index in [2.05, 4.69) is 0 Å². The Labute approximate surface area is 83.3 Å². The third kappa shape index (κ3) is 2.32. The first-order valence-corrected chi connectivity index (χ1v) is 4.81. The molecule has 1 saturated heterocycles. The van der Waals surface area contributed by atoms with Crippen molar-refractivity contribution in [3.63, 3.8) is 0 Å². The highest BCUT2D eigenvalue weighted by molar-refractivity contribution is 5.13. The highest BCUT2D eigenvalue weighted by Gasteiger charge is 2.26. The highest BCUT2D eigenvalue weighted by Crippen LogP contribution is 2.16. The minimum Gasteiger partial charge on any atom is -0.368 e. The summed E-state index contributed by atoms with van der Waals surface area (Å²) in [5, 5.41) is 9.32. The van der Waals surface area contributed by atoms with Crippen molar-refractivity contribution < 1.29 is 14.6 Å². The van der Waals surface area contributed by atoms with E-state index < -0.39 is 6.29 Å². The molecule has 1 aromatic rings. The lowest BCUT2D eigenvalue weighted by molar-refractivity contribution is -0.131. The van der Waals surface area contributed by atoms with Crippen molar-refractivity contribution in [1.82, 2.24) is 0 Å². The Balaban J connectivity index is 1.82. The van der Waals surface area contributed by atoms with Crippen LogP contribution in [0, 0.1) is 0 Å². The first-order valence-electron chi connectivity index (χ1n) is 4.81. The van der Waals surface area contributed by atoms with Gasteiger partial charge in [-0.2, -0.15) is 0 Å². The van der Waals surface area contributed by atoms with Gasteiger partial charge in [0.1, 0.15) is 6.10 Å². The molecule has 0 bridgehead atoms. The molecular formula is C11H14O3. The van der Waals surface area contributed by atoms with E-state index in [4.69, 9.17) is 9.47 Å². The minimum atomic E-state index is -0.751. The predicted molar refractivity (Wildman–Crippen MR) is 51.6 cm³/mol.